The van der Waals surface area contributed by atoms with Crippen molar-refractivity contribution >= 4 is 23.2 Å². The van der Waals surface area contributed by atoms with Crippen LogP contribution < -0.4 is 5.73 Å². The summed E-state index contributed by atoms with van der Waals surface area (Å²) in [7, 11) is 0. The molecule has 23 heavy (non-hydrogen) atoms. The predicted molar refractivity (Wildman–Crippen MR) is 83.7 cm³/mol. The Balaban J connectivity index is 1.81. The van der Waals surface area contributed by atoms with E-state index in [2.05, 4.69) is 15.3 Å². The monoisotopic (exact) mass is 334 g/mol. The summed E-state index contributed by atoms with van der Waals surface area (Å²) < 4.78 is 1.28. The van der Waals surface area contributed by atoms with E-state index in [-0.39, 0.29) is 24.2 Å². The molecule has 1 aliphatic heterocycles. The summed E-state index contributed by atoms with van der Waals surface area (Å²) in [6, 6.07) is -0.0174. The zero-order valence-corrected chi connectivity index (χ0v) is 13.6. The number of carbonyl (C=O) groups is 2. The van der Waals surface area contributed by atoms with Crippen LogP contribution in [0.15, 0.2) is 11.6 Å². The number of amides is 2. The fraction of sp³-hybridized carbons (Fsp3) is 0.500. The van der Waals surface area contributed by atoms with Crippen molar-refractivity contribution < 1.29 is 9.59 Å². The zero-order valence-electron chi connectivity index (χ0n) is 12.8. The summed E-state index contributed by atoms with van der Waals surface area (Å²) in [5.74, 6) is -0.707. The van der Waals surface area contributed by atoms with Crippen LogP contribution in [0.5, 0.6) is 0 Å². The molecule has 0 bridgehead atoms. The topological polar surface area (TPSA) is 107 Å². The minimum atomic E-state index is -0.525. The van der Waals surface area contributed by atoms with E-state index in [0.717, 1.165) is 30.0 Å². The molecule has 0 aromatic carbocycles. The van der Waals surface area contributed by atoms with Gasteiger partial charge in [-0.25, -0.2) is 9.67 Å². The van der Waals surface area contributed by atoms with Crippen LogP contribution in [0.2, 0.25) is 0 Å². The van der Waals surface area contributed by atoms with Gasteiger partial charge in [-0.2, -0.15) is 0 Å². The predicted octanol–water partition coefficient (Wildman–Crippen LogP) is 0.896. The summed E-state index contributed by atoms with van der Waals surface area (Å²) in [5.41, 5.74) is 6.32. The Bertz CT molecular complexity index is 724. The average molecular weight is 334 g/mol. The lowest BCUT2D eigenvalue weighted by molar-refractivity contribution is -0.118. The van der Waals surface area contributed by atoms with Gasteiger partial charge in [0.2, 0.25) is 5.91 Å². The Hall–Kier alpha value is -2.29. The molecular weight excluding hydrogens is 316 g/mol. The first-order chi connectivity index (χ1) is 11.0. The van der Waals surface area contributed by atoms with Gasteiger partial charge >= 0.3 is 0 Å². The van der Waals surface area contributed by atoms with Gasteiger partial charge in [-0.15, -0.1) is 16.4 Å². The van der Waals surface area contributed by atoms with Gasteiger partial charge in [0.25, 0.3) is 5.91 Å². The maximum absolute atomic E-state index is 12.8. The number of hydrogen-bond acceptors (Lipinski definition) is 6. The Morgan fingerprint density at radius 3 is 2.96 bits per heavy atom. The van der Waals surface area contributed by atoms with E-state index in [9.17, 15) is 9.59 Å². The fourth-order valence-electron chi connectivity index (χ4n) is 2.74. The van der Waals surface area contributed by atoms with Gasteiger partial charge in [-0.1, -0.05) is 5.21 Å². The largest absolute Gasteiger partial charge is 0.368 e. The quantitative estimate of drug-likeness (QED) is 0.894. The van der Waals surface area contributed by atoms with Crippen molar-refractivity contribution in [2.45, 2.75) is 38.8 Å². The summed E-state index contributed by atoms with van der Waals surface area (Å²) in [4.78, 5) is 30.0. The van der Waals surface area contributed by atoms with Crippen molar-refractivity contribution in [3.05, 3.63) is 28.0 Å². The fourth-order valence-corrected chi connectivity index (χ4v) is 3.68. The minimum Gasteiger partial charge on any atom is -0.368 e. The van der Waals surface area contributed by atoms with Crippen LogP contribution in [0.4, 0.5) is 0 Å². The lowest BCUT2D eigenvalue weighted by Gasteiger charge is -2.33. The minimum absolute atomic E-state index is 0.0174. The van der Waals surface area contributed by atoms with Crippen molar-refractivity contribution in [2.24, 2.45) is 5.73 Å². The third kappa shape index (κ3) is 3.39. The molecule has 3 heterocycles. The van der Waals surface area contributed by atoms with E-state index in [1.165, 1.54) is 10.9 Å². The highest BCUT2D eigenvalue weighted by atomic mass is 32.1. The first kappa shape index (κ1) is 15.6. The second kappa shape index (κ2) is 6.45. The normalized spacial score (nSPS) is 18.1. The van der Waals surface area contributed by atoms with E-state index in [0.29, 0.717) is 6.54 Å². The Morgan fingerprint density at radius 1 is 1.43 bits per heavy atom. The number of hydrogen-bond donors (Lipinski definition) is 1. The van der Waals surface area contributed by atoms with Crippen molar-refractivity contribution in [2.75, 3.05) is 6.54 Å². The standard InChI is InChI=1S/C14H18N6O2S/c1-9-8-23-13(16-9)11-4-2-3-5-20(11)14(22)10-6-19(18-17-10)7-12(15)21/h6,8,11H,2-5,7H2,1H3,(H2,15,21). The molecule has 122 valence electrons. The SMILES string of the molecule is Cc1csc(C2CCCCN2C(=O)c2cn(CC(N)=O)nn2)n1. The van der Waals surface area contributed by atoms with E-state index in [1.807, 2.05) is 12.3 Å². The lowest BCUT2D eigenvalue weighted by atomic mass is 10.0. The van der Waals surface area contributed by atoms with Crippen LogP contribution in [-0.2, 0) is 11.3 Å². The molecule has 1 fully saturated rings. The van der Waals surface area contributed by atoms with Crippen LogP contribution in [0.3, 0.4) is 0 Å². The number of primary amides is 1. The first-order valence-electron chi connectivity index (χ1n) is 7.46. The van der Waals surface area contributed by atoms with Gasteiger partial charge in [-0.3, -0.25) is 9.59 Å². The van der Waals surface area contributed by atoms with Gasteiger partial charge in [0.05, 0.1) is 12.2 Å². The van der Waals surface area contributed by atoms with E-state index >= 15 is 0 Å². The molecule has 0 radical (unpaired) electrons. The Kier molecular flexibility index (Phi) is 4.37. The first-order valence-corrected chi connectivity index (χ1v) is 8.34. The summed E-state index contributed by atoms with van der Waals surface area (Å²) in [6.45, 7) is 2.53. The molecule has 1 atom stereocenters. The zero-order chi connectivity index (χ0) is 16.4. The lowest BCUT2D eigenvalue weighted by Crippen LogP contribution is -2.38. The van der Waals surface area contributed by atoms with Crippen LogP contribution in [-0.4, -0.2) is 43.2 Å². The molecule has 0 aliphatic carbocycles. The number of carbonyl (C=O) groups excluding carboxylic acids is 2. The molecule has 8 nitrogen and oxygen atoms in total. The number of nitrogens with zero attached hydrogens (tertiary/aromatic N) is 5. The number of rotatable bonds is 4. The Labute approximate surface area is 137 Å². The van der Waals surface area contributed by atoms with Crippen LogP contribution in [0, 0.1) is 6.92 Å². The summed E-state index contributed by atoms with van der Waals surface area (Å²) in [5, 5.41) is 10.6. The third-order valence-corrected chi connectivity index (χ3v) is 4.82. The molecule has 9 heteroatoms. The number of likely N-dealkylation sites (tertiary alicyclic amines) is 1. The van der Waals surface area contributed by atoms with Gasteiger partial charge in [0, 0.05) is 17.6 Å². The molecule has 2 aromatic rings. The molecule has 0 spiro atoms. The second-order valence-corrected chi connectivity index (χ2v) is 6.49. The third-order valence-electron chi connectivity index (χ3n) is 3.76. The average Bonchev–Trinajstić information content (AvgIpc) is 3.15. The van der Waals surface area contributed by atoms with Gasteiger partial charge < -0.3 is 10.6 Å². The molecule has 2 amide bonds. The highest BCUT2D eigenvalue weighted by molar-refractivity contribution is 7.09. The Morgan fingerprint density at radius 2 is 2.26 bits per heavy atom. The van der Waals surface area contributed by atoms with E-state index in [1.54, 1.807) is 16.2 Å². The molecule has 2 N–H and O–H groups in total. The maximum Gasteiger partial charge on any atom is 0.276 e. The second-order valence-electron chi connectivity index (χ2n) is 5.60. The maximum atomic E-state index is 12.8. The summed E-state index contributed by atoms with van der Waals surface area (Å²) >= 11 is 1.58. The number of thiazole rings is 1. The molecule has 3 rings (SSSR count). The summed E-state index contributed by atoms with van der Waals surface area (Å²) in [6.07, 6.45) is 4.39. The van der Waals surface area contributed by atoms with E-state index < -0.39 is 5.91 Å². The molecular formula is C14H18N6O2S. The van der Waals surface area contributed by atoms with Gasteiger partial charge in [-0.05, 0) is 26.2 Å². The van der Waals surface area contributed by atoms with Crippen LogP contribution >= 0.6 is 11.3 Å². The van der Waals surface area contributed by atoms with Gasteiger partial charge in [0.1, 0.15) is 11.6 Å². The highest BCUT2D eigenvalue weighted by Crippen LogP contribution is 2.33. The smallest absolute Gasteiger partial charge is 0.276 e. The number of nitrogens with two attached hydrogens (primary N) is 1. The van der Waals surface area contributed by atoms with Gasteiger partial charge in [0.15, 0.2) is 5.69 Å². The van der Waals surface area contributed by atoms with Crippen molar-refractivity contribution in [1.29, 1.82) is 0 Å². The number of aromatic nitrogens is 4. The van der Waals surface area contributed by atoms with Crippen molar-refractivity contribution in [1.82, 2.24) is 24.9 Å². The molecule has 1 unspecified atom stereocenters. The molecule has 1 saturated heterocycles. The number of piperidine rings is 1. The van der Waals surface area contributed by atoms with Crippen LogP contribution in [0.25, 0.3) is 0 Å². The molecule has 1 aliphatic rings. The number of aryl methyl sites for hydroxylation is 1. The van der Waals surface area contributed by atoms with Crippen molar-refractivity contribution in [3.8, 4) is 0 Å². The van der Waals surface area contributed by atoms with Crippen molar-refractivity contribution in [3.63, 3.8) is 0 Å². The van der Waals surface area contributed by atoms with E-state index in [4.69, 9.17) is 5.73 Å². The molecule has 2 aromatic heterocycles. The highest BCUT2D eigenvalue weighted by Gasteiger charge is 2.31. The van der Waals surface area contributed by atoms with Crippen LogP contribution in [0.1, 0.15) is 46.5 Å². The molecule has 0 saturated carbocycles.